The van der Waals surface area contributed by atoms with Gasteiger partial charge in [-0.15, -0.1) is 0 Å². The Bertz CT molecular complexity index is 1540. The molecule has 1 aliphatic rings. The molecule has 0 bridgehead atoms. The van der Waals surface area contributed by atoms with E-state index in [1.54, 1.807) is 19.1 Å². The lowest BCUT2D eigenvalue weighted by Gasteiger charge is -2.16. The predicted octanol–water partition coefficient (Wildman–Crippen LogP) is 7.85. The van der Waals surface area contributed by atoms with Gasteiger partial charge in [0.1, 0.15) is 12.4 Å². The van der Waals surface area contributed by atoms with Gasteiger partial charge in [-0.25, -0.2) is 4.99 Å². The highest BCUT2D eigenvalue weighted by molar-refractivity contribution is 9.10. The molecule has 40 heavy (non-hydrogen) atoms. The molecule has 0 atom stereocenters. The van der Waals surface area contributed by atoms with Crippen LogP contribution in [0.25, 0.3) is 6.08 Å². The molecule has 0 unspecified atom stereocenters. The second kappa shape index (κ2) is 12.9. The number of halogens is 1. The van der Waals surface area contributed by atoms with Crippen LogP contribution in [0.3, 0.4) is 0 Å². The fourth-order valence-corrected chi connectivity index (χ4v) is 5.49. The van der Waals surface area contributed by atoms with Crippen LogP contribution < -0.4 is 14.2 Å². The number of thioether (sulfide) groups is 1. The molecule has 5 rings (SSSR count). The standard InChI is InChI=1S/C32H27BrN2O4S/c1-37-26-15-13-22(14-16-26)20-35-31(36)30(40-32(35)34-25-11-7-4-8-12-25)18-24-17-28(38-2)29(19-27(24)33)39-21-23-9-5-3-6-10-23/h3-19H,20-21H2,1-2H3/b30-18-,34-32?. The number of carbonyl (C=O) groups excluding carboxylic acids is 1. The van der Waals surface area contributed by atoms with E-state index in [-0.39, 0.29) is 5.91 Å². The molecule has 8 heteroatoms. The van der Waals surface area contributed by atoms with Crippen LogP contribution in [-0.4, -0.2) is 30.2 Å². The number of hydrogen-bond donors (Lipinski definition) is 0. The second-order valence-electron chi connectivity index (χ2n) is 8.88. The van der Waals surface area contributed by atoms with E-state index in [2.05, 4.69) is 15.9 Å². The van der Waals surface area contributed by atoms with Crippen molar-refractivity contribution in [2.24, 2.45) is 4.99 Å². The van der Waals surface area contributed by atoms with Crippen LogP contribution in [0.1, 0.15) is 16.7 Å². The van der Waals surface area contributed by atoms with Gasteiger partial charge in [0.25, 0.3) is 5.91 Å². The van der Waals surface area contributed by atoms with Crippen LogP contribution in [-0.2, 0) is 17.9 Å². The summed E-state index contributed by atoms with van der Waals surface area (Å²) in [6.45, 7) is 0.799. The third kappa shape index (κ3) is 6.58. The molecule has 0 aromatic heterocycles. The normalized spacial score (nSPS) is 15.1. The molecular formula is C32H27BrN2O4S. The summed E-state index contributed by atoms with van der Waals surface area (Å²) in [5.41, 5.74) is 3.60. The molecule has 0 radical (unpaired) electrons. The molecule has 0 N–H and O–H groups in total. The molecule has 0 aliphatic carbocycles. The van der Waals surface area contributed by atoms with Gasteiger partial charge in [-0.2, -0.15) is 0 Å². The molecule has 1 heterocycles. The summed E-state index contributed by atoms with van der Waals surface area (Å²) in [4.78, 5) is 20.7. The fraction of sp³-hybridized carbons (Fsp3) is 0.125. The average molecular weight is 616 g/mol. The van der Waals surface area contributed by atoms with Crippen molar-refractivity contribution in [3.8, 4) is 17.2 Å². The number of carbonyl (C=O) groups is 1. The van der Waals surface area contributed by atoms with Crippen molar-refractivity contribution >= 4 is 50.5 Å². The molecule has 4 aromatic rings. The van der Waals surface area contributed by atoms with Crippen LogP contribution >= 0.6 is 27.7 Å². The first kappa shape index (κ1) is 27.6. The Labute approximate surface area is 246 Å². The average Bonchev–Trinajstić information content (AvgIpc) is 3.27. The van der Waals surface area contributed by atoms with Gasteiger partial charge in [0.05, 0.1) is 31.4 Å². The summed E-state index contributed by atoms with van der Waals surface area (Å²) in [5.74, 6) is 1.83. The number of aliphatic imine (C=N–C) groups is 1. The van der Waals surface area contributed by atoms with Crippen molar-refractivity contribution in [1.29, 1.82) is 0 Å². The zero-order valence-corrected chi connectivity index (χ0v) is 24.4. The number of benzene rings is 4. The SMILES string of the molecule is COc1ccc(CN2C(=O)/C(=C/c3cc(OC)c(OCc4ccccc4)cc3Br)SC2=Nc2ccccc2)cc1. The minimum Gasteiger partial charge on any atom is -0.497 e. The third-order valence-corrected chi connectivity index (χ3v) is 7.87. The predicted molar refractivity (Wildman–Crippen MR) is 164 cm³/mol. The number of nitrogens with zero attached hydrogens (tertiary/aromatic N) is 2. The van der Waals surface area contributed by atoms with E-state index >= 15 is 0 Å². The Balaban J connectivity index is 1.44. The van der Waals surface area contributed by atoms with Crippen molar-refractivity contribution < 1.29 is 19.0 Å². The molecule has 0 spiro atoms. The van der Waals surface area contributed by atoms with Gasteiger partial charge in [0.2, 0.25) is 0 Å². The van der Waals surface area contributed by atoms with Gasteiger partial charge in [-0.1, -0.05) is 76.6 Å². The molecule has 1 saturated heterocycles. The largest absolute Gasteiger partial charge is 0.497 e. The van der Waals surface area contributed by atoms with E-state index in [1.165, 1.54) is 11.8 Å². The number of rotatable bonds is 9. The van der Waals surface area contributed by atoms with Crippen molar-refractivity contribution in [3.05, 3.63) is 123 Å². The number of methoxy groups -OCH3 is 2. The van der Waals surface area contributed by atoms with Crippen LogP contribution in [0, 0.1) is 0 Å². The van der Waals surface area contributed by atoms with Crippen LogP contribution in [0.4, 0.5) is 5.69 Å². The maximum atomic E-state index is 13.7. The van der Waals surface area contributed by atoms with E-state index in [9.17, 15) is 4.79 Å². The van der Waals surface area contributed by atoms with E-state index in [0.717, 1.165) is 32.6 Å². The van der Waals surface area contributed by atoms with Crippen LogP contribution in [0.15, 0.2) is 111 Å². The lowest BCUT2D eigenvalue weighted by atomic mass is 10.1. The second-order valence-corrected chi connectivity index (χ2v) is 10.7. The fourth-order valence-electron chi connectivity index (χ4n) is 4.07. The van der Waals surface area contributed by atoms with Crippen molar-refractivity contribution in [2.75, 3.05) is 14.2 Å². The summed E-state index contributed by atoms with van der Waals surface area (Å²) in [6, 6.07) is 31.0. The van der Waals surface area contributed by atoms with E-state index in [0.29, 0.717) is 34.7 Å². The van der Waals surface area contributed by atoms with E-state index in [4.69, 9.17) is 19.2 Å². The number of para-hydroxylation sites is 1. The minimum atomic E-state index is -0.120. The highest BCUT2D eigenvalue weighted by Crippen LogP contribution is 2.39. The molecule has 6 nitrogen and oxygen atoms in total. The Morgan fingerprint density at radius 1 is 0.850 bits per heavy atom. The number of amidine groups is 1. The summed E-state index contributed by atoms with van der Waals surface area (Å²) in [6.07, 6.45) is 1.86. The highest BCUT2D eigenvalue weighted by atomic mass is 79.9. The van der Waals surface area contributed by atoms with Crippen LogP contribution in [0.2, 0.25) is 0 Å². The first-order valence-corrected chi connectivity index (χ1v) is 14.2. The number of hydrogen-bond acceptors (Lipinski definition) is 6. The number of amides is 1. The monoisotopic (exact) mass is 614 g/mol. The minimum absolute atomic E-state index is 0.120. The molecule has 202 valence electrons. The molecular weight excluding hydrogens is 588 g/mol. The molecule has 0 saturated carbocycles. The summed E-state index contributed by atoms with van der Waals surface area (Å²) in [7, 11) is 3.23. The van der Waals surface area contributed by atoms with Crippen molar-refractivity contribution in [2.45, 2.75) is 13.2 Å². The quantitative estimate of drug-likeness (QED) is 0.180. The van der Waals surface area contributed by atoms with Gasteiger partial charge in [-0.3, -0.25) is 9.69 Å². The summed E-state index contributed by atoms with van der Waals surface area (Å²) >= 11 is 5.01. The van der Waals surface area contributed by atoms with Gasteiger partial charge >= 0.3 is 0 Å². The lowest BCUT2D eigenvalue weighted by Crippen LogP contribution is -2.28. The highest BCUT2D eigenvalue weighted by Gasteiger charge is 2.33. The van der Waals surface area contributed by atoms with Gasteiger partial charge < -0.3 is 14.2 Å². The zero-order chi connectivity index (χ0) is 27.9. The molecule has 4 aromatic carbocycles. The molecule has 1 fully saturated rings. The smallest absolute Gasteiger partial charge is 0.267 e. The Hall–Kier alpha value is -4.01. The summed E-state index contributed by atoms with van der Waals surface area (Å²) < 4.78 is 17.7. The Morgan fingerprint density at radius 3 is 2.23 bits per heavy atom. The Kier molecular flexibility index (Phi) is 8.88. The maximum absolute atomic E-state index is 13.7. The molecule has 1 amide bonds. The first-order chi connectivity index (χ1) is 19.5. The maximum Gasteiger partial charge on any atom is 0.267 e. The lowest BCUT2D eigenvalue weighted by molar-refractivity contribution is -0.122. The Morgan fingerprint density at radius 2 is 1.55 bits per heavy atom. The van der Waals surface area contributed by atoms with Crippen LogP contribution in [0.5, 0.6) is 17.2 Å². The molecule has 1 aliphatic heterocycles. The van der Waals surface area contributed by atoms with E-state index < -0.39 is 0 Å². The van der Waals surface area contributed by atoms with Gasteiger partial charge in [0.15, 0.2) is 16.7 Å². The zero-order valence-electron chi connectivity index (χ0n) is 22.0. The van der Waals surface area contributed by atoms with E-state index in [1.807, 2.05) is 103 Å². The van der Waals surface area contributed by atoms with Gasteiger partial charge in [0, 0.05) is 4.47 Å². The third-order valence-electron chi connectivity index (χ3n) is 6.18. The summed E-state index contributed by atoms with van der Waals surface area (Å²) in [5, 5.41) is 0.615. The van der Waals surface area contributed by atoms with Crippen molar-refractivity contribution in [1.82, 2.24) is 4.90 Å². The van der Waals surface area contributed by atoms with Crippen molar-refractivity contribution in [3.63, 3.8) is 0 Å². The first-order valence-electron chi connectivity index (χ1n) is 12.6. The topological polar surface area (TPSA) is 60.4 Å². The van der Waals surface area contributed by atoms with Gasteiger partial charge in [-0.05, 0) is 70.9 Å². The number of ether oxygens (including phenoxy) is 3.